The summed E-state index contributed by atoms with van der Waals surface area (Å²) in [5.41, 5.74) is -1.33. The monoisotopic (exact) mass is 924 g/mol. The van der Waals surface area contributed by atoms with Gasteiger partial charge in [0.2, 0.25) is 0 Å². The first-order valence-electron chi connectivity index (χ1n) is 17.9. The maximum absolute atomic E-state index is 14.9. The fraction of sp³-hybridized carbons (Fsp3) is 0.694. The number of benzene rings is 1. The number of hydrogen-bond donors (Lipinski definition) is 1. The van der Waals surface area contributed by atoms with Crippen LogP contribution in [0.1, 0.15) is 65.5 Å². The Morgan fingerprint density at radius 2 is 1.20 bits per heavy atom. The molecule has 0 aliphatic heterocycles. The molecule has 1 aromatic carbocycles. The van der Waals surface area contributed by atoms with Crippen molar-refractivity contribution in [3.63, 3.8) is 0 Å². The lowest BCUT2D eigenvalue weighted by Gasteiger charge is -2.44. The van der Waals surface area contributed by atoms with Gasteiger partial charge >= 0.3 is 53.6 Å². The smallest absolute Gasteiger partial charge is 0.460 e. The molecular weight excluding hydrogens is 879 g/mol. The summed E-state index contributed by atoms with van der Waals surface area (Å²) in [5, 5.41) is 10.8. The summed E-state index contributed by atoms with van der Waals surface area (Å²) < 4.78 is 256. The lowest BCUT2D eigenvalue weighted by atomic mass is 9.88. The summed E-state index contributed by atoms with van der Waals surface area (Å²) in [6, 6.07) is 4.43. The molecule has 0 fully saturated rings. The number of carbonyl (C=O) groups is 1. The lowest BCUT2D eigenvalue weighted by Crippen LogP contribution is -2.74. The van der Waals surface area contributed by atoms with Gasteiger partial charge in [0.05, 0.1) is 19.3 Å². The zero-order valence-electron chi connectivity index (χ0n) is 32.8. The molecule has 60 heavy (non-hydrogen) atoms. The summed E-state index contributed by atoms with van der Waals surface area (Å²) in [7, 11) is -2.58. The maximum Gasteiger partial charge on any atom is 0.460 e. The molecule has 0 amide bonds. The van der Waals surface area contributed by atoms with Gasteiger partial charge in [-0.15, -0.1) is 0 Å². The number of esters is 1. The second-order valence-corrected chi connectivity index (χ2v) is 19.0. The van der Waals surface area contributed by atoms with Gasteiger partial charge in [-0.05, 0) is 54.6 Å². The van der Waals surface area contributed by atoms with Crippen LogP contribution in [0.5, 0.6) is 5.75 Å². The number of hydrogen-bond acceptors (Lipinski definition) is 6. The van der Waals surface area contributed by atoms with E-state index in [0.29, 0.717) is 18.4 Å². The van der Waals surface area contributed by atoms with Crippen molar-refractivity contribution in [2.24, 2.45) is 0 Å². The molecular formula is C36H45F17O6Si. The predicted molar refractivity (Wildman–Crippen MR) is 184 cm³/mol. The minimum absolute atomic E-state index is 0.158. The molecule has 0 aliphatic rings. The third-order valence-electron chi connectivity index (χ3n) is 9.55. The molecule has 0 unspecified atom stereocenters. The fourth-order valence-electron chi connectivity index (χ4n) is 5.89. The topological polar surface area (TPSA) is 74.2 Å². The fourth-order valence-corrected chi connectivity index (χ4v) is 10.4. The molecule has 1 rings (SSSR count). The second kappa shape index (κ2) is 20.4. The van der Waals surface area contributed by atoms with Crippen LogP contribution in [0, 0.1) is 0 Å². The van der Waals surface area contributed by atoms with Crippen LogP contribution in [-0.4, -0.2) is 100 Å². The van der Waals surface area contributed by atoms with Gasteiger partial charge in [-0.1, -0.05) is 58.1 Å². The second-order valence-electron chi connectivity index (χ2n) is 14.0. The van der Waals surface area contributed by atoms with Crippen LogP contribution in [0.4, 0.5) is 74.6 Å². The van der Waals surface area contributed by atoms with Gasteiger partial charge in [0, 0.05) is 19.6 Å². The zero-order valence-corrected chi connectivity index (χ0v) is 33.8. The van der Waals surface area contributed by atoms with Crippen LogP contribution in [0.25, 0.3) is 0 Å². The van der Waals surface area contributed by atoms with E-state index in [2.05, 4.69) is 0 Å². The van der Waals surface area contributed by atoms with Crippen LogP contribution >= 0.6 is 0 Å². The first-order valence-corrected chi connectivity index (χ1v) is 20.2. The van der Waals surface area contributed by atoms with Crippen molar-refractivity contribution in [3.05, 3.63) is 54.1 Å². The molecule has 0 aliphatic carbocycles. The number of aliphatic hydroxyl groups excluding tert-OH is 1. The van der Waals surface area contributed by atoms with Crippen LogP contribution in [-0.2, 0) is 18.7 Å². The van der Waals surface area contributed by atoms with Gasteiger partial charge in [-0.25, -0.2) is 4.79 Å². The molecule has 2 atom stereocenters. The van der Waals surface area contributed by atoms with Crippen LogP contribution < -0.4 is 4.74 Å². The van der Waals surface area contributed by atoms with Gasteiger partial charge in [0.25, 0.3) is 0 Å². The number of ether oxygens (including phenoxy) is 3. The molecule has 0 radical (unpaired) electrons. The van der Waals surface area contributed by atoms with E-state index in [1.165, 1.54) is 71.2 Å². The molecule has 1 aromatic rings. The Balaban J connectivity index is 3.12. The Morgan fingerprint density at radius 1 is 0.717 bits per heavy atom. The van der Waals surface area contributed by atoms with Crippen molar-refractivity contribution in [1.29, 1.82) is 0 Å². The maximum atomic E-state index is 14.9. The number of alkyl halides is 17. The van der Waals surface area contributed by atoms with Crippen LogP contribution in [0.3, 0.4) is 0 Å². The SMILES string of the molecule is CCOC(=O)/C=C/C=C/CC[C@H](OC)[C@@H](O)c1ccc(OCCO[Si](CCC(F)(F)C(F)(F)C(F)(F)C(F)(F)C(F)(F)C(F)(F)C(F)(F)C(F)(F)F)(C(C)C)C(C)C)cc1. The number of methoxy groups -OCH3 is 1. The highest BCUT2D eigenvalue weighted by Gasteiger charge is 2.95. The first kappa shape index (κ1) is 54.9. The van der Waals surface area contributed by atoms with Crippen LogP contribution in [0.2, 0.25) is 17.1 Å². The predicted octanol–water partition coefficient (Wildman–Crippen LogP) is 11.8. The Kier molecular flexibility index (Phi) is 18.6. The van der Waals surface area contributed by atoms with E-state index < -0.39 is 104 Å². The molecule has 0 bridgehead atoms. The standard InChI is InChI=1S/C36H45F17O6Si/c1-7-57-27(54)13-11-9-8-10-12-26(56-6)28(55)24-14-16-25(17-15-24)58-19-20-59-60(22(2)3,23(4)5)21-18-29(37,38)30(39,40)31(41,42)32(43,44)33(45,46)34(47,48)35(49,50)36(51,52)53/h8-9,11,13-17,22-23,26,28,55H,7,10,12,18-21H2,1-6H3/b9-8+,13-11+/t26-,28-/m0/s1. The van der Waals surface area contributed by atoms with E-state index in [0.717, 1.165) is 0 Å². The molecule has 0 spiro atoms. The third kappa shape index (κ3) is 11.3. The summed E-state index contributed by atoms with van der Waals surface area (Å²) in [6.07, 6.45) is -5.33. The minimum atomic E-state index is -8.68. The third-order valence-corrected chi connectivity index (χ3v) is 15.2. The molecule has 1 N–H and O–H groups in total. The molecule has 24 heteroatoms. The quantitative estimate of drug-likeness (QED) is 0.0263. The van der Waals surface area contributed by atoms with Crippen molar-refractivity contribution in [3.8, 4) is 5.75 Å². The minimum Gasteiger partial charge on any atom is -0.491 e. The molecule has 0 saturated heterocycles. The van der Waals surface area contributed by atoms with E-state index in [-0.39, 0.29) is 19.0 Å². The normalized spacial score (nSPS) is 15.7. The highest BCUT2D eigenvalue weighted by Crippen LogP contribution is 2.64. The number of halogens is 17. The number of aliphatic hydroxyl groups is 1. The molecule has 6 nitrogen and oxygen atoms in total. The van der Waals surface area contributed by atoms with Gasteiger partial charge < -0.3 is 23.7 Å². The number of allylic oxidation sites excluding steroid dienone is 3. The van der Waals surface area contributed by atoms with Crippen molar-refractivity contribution in [2.45, 2.75) is 131 Å². The molecule has 0 saturated carbocycles. The zero-order chi connectivity index (χ0) is 47.0. The Hall–Kier alpha value is -3.12. The largest absolute Gasteiger partial charge is 0.491 e. The van der Waals surface area contributed by atoms with Crippen molar-refractivity contribution >= 4 is 14.3 Å². The van der Waals surface area contributed by atoms with E-state index in [4.69, 9.17) is 18.6 Å². The average Bonchev–Trinajstić information content (AvgIpc) is 3.13. The number of rotatable bonds is 25. The Labute approximate surface area is 335 Å². The number of carbonyl (C=O) groups excluding carboxylic acids is 1. The van der Waals surface area contributed by atoms with Gasteiger partial charge in [0.1, 0.15) is 18.5 Å². The van der Waals surface area contributed by atoms with Crippen LogP contribution in [0.15, 0.2) is 48.6 Å². The van der Waals surface area contributed by atoms with Gasteiger partial charge in [0.15, 0.2) is 8.32 Å². The summed E-state index contributed by atoms with van der Waals surface area (Å²) >= 11 is 0. The highest BCUT2D eigenvalue weighted by atomic mass is 28.4. The summed E-state index contributed by atoms with van der Waals surface area (Å²) in [6.45, 7) is 6.30. The van der Waals surface area contributed by atoms with E-state index in [1.807, 2.05) is 0 Å². The first-order chi connectivity index (χ1) is 27.1. The Morgan fingerprint density at radius 3 is 1.65 bits per heavy atom. The lowest BCUT2D eigenvalue weighted by molar-refractivity contribution is -0.461. The average molecular weight is 925 g/mol. The Bertz CT molecular complexity index is 1560. The van der Waals surface area contributed by atoms with E-state index >= 15 is 0 Å². The van der Waals surface area contributed by atoms with E-state index in [1.54, 1.807) is 19.1 Å². The van der Waals surface area contributed by atoms with Crippen molar-refractivity contribution < 1.29 is 103 Å². The van der Waals surface area contributed by atoms with Crippen molar-refractivity contribution in [1.82, 2.24) is 0 Å². The highest BCUT2D eigenvalue weighted by molar-refractivity contribution is 6.76. The van der Waals surface area contributed by atoms with Gasteiger partial charge in [-0.2, -0.15) is 74.6 Å². The molecule has 0 aromatic heterocycles. The van der Waals surface area contributed by atoms with E-state index in [9.17, 15) is 84.5 Å². The summed E-state index contributed by atoms with van der Waals surface area (Å²) in [4.78, 5) is 11.3. The van der Waals surface area contributed by atoms with Gasteiger partial charge in [-0.3, -0.25) is 0 Å². The molecule has 0 heterocycles. The molecule has 348 valence electrons. The van der Waals surface area contributed by atoms with Crippen molar-refractivity contribution in [2.75, 3.05) is 26.9 Å². The summed E-state index contributed by atoms with van der Waals surface area (Å²) in [5.74, 6) is -57.1.